The van der Waals surface area contributed by atoms with E-state index < -0.39 is 0 Å². The fourth-order valence-corrected chi connectivity index (χ4v) is 2.95. The molecular formula is C15H21NO3. The fraction of sp³-hybridized carbons (Fsp3) is 0.600. The zero-order chi connectivity index (χ0) is 13.2. The quantitative estimate of drug-likeness (QED) is 0.879. The summed E-state index contributed by atoms with van der Waals surface area (Å²) < 4.78 is 10.7. The zero-order valence-corrected chi connectivity index (χ0v) is 11.3. The van der Waals surface area contributed by atoms with Crippen molar-refractivity contribution in [2.24, 2.45) is 0 Å². The predicted octanol–water partition coefficient (Wildman–Crippen LogP) is 2.37. The first-order valence-electron chi connectivity index (χ1n) is 7.06. The molecule has 0 radical (unpaired) electrons. The van der Waals surface area contributed by atoms with Crippen molar-refractivity contribution in [1.29, 1.82) is 0 Å². The molecule has 0 aromatic heterocycles. The van der Waals surface area contributed by atoms with Crippen LogP contribution in [0.25, 0.3) is 0 Å². The highest BCUT2D eigenvalue weighted by Crippen LogP contribution is 2.34. The van der Waals surface area contributed by atoms with Gasteiger partial charge >= 0.3 is 0 Å². The van der Waals surface area contributed by atoms with Crippen molar-refractivity contribution in [3.8, 4) is 11.5 Å². The first-order chi connectivity index (χ1) is 9.22. The largest absolute Gasteiger partial charge is 0.454 e. The molecule has 0 spiro atoms. The van der Waals surface area contributed by atoms with Crippen molar-refractivity contribution in [2.75, 3.05) is 6.79 Å². The van der Waals surface area contributed by atoms with Crippen LogP contribution >= 0.6 is 0 Å². The van der Waals surface area contributed by atoms with Crippen molar-refractivity contribution in [3.05, 3.63) is 23.8 Å². The van der Waals surface area contributed by atoms with Crippen LogP contribution < -0.4 is 14.8 Å². The van der Waals surface area contributed by atoms with Gasteiger partial charge in [-0.2, -0.15) is 0 Å². The van der Waals surface area contributed by atoms with E-state index in [9.17, 15) is 5.11 Å². The Labute approximate surface area is 113 Å². The lowest BCUT2D eigenvalue weighted by Crippen LogP contribution is -2.37. The minimum atomic E-state index is -0.143. The summed E-state index contributed by atoms with van der Waals surface area (Å²) in [5.41, 5.74) is 1.20. The minimum Gasteiger partial charge on any atom is -0.454 e. The van der Waals surface area contributed by atoms with Crippen molar-refractivity contribution in [2.45, 2.75) is 50.8 Å². The number of nitrogens with one attached hydrogen (secondary N) is 1. The third kappa shape index (κ3) is 2.85. The van der Waals surface area contributed by atoms with E-state index >= 15 is 0 Å². The molecule has 1 aromatic rings. The molecule has 0 amide bonds. The maximum Gasteiger partial charge on any atom is 0.231 e. The van der Waals surface area contributed by atoms with Crippen molar-refractivity contribution < 1.29 is 14.6 Å². The summed E-state index contributed by atoms with van der Waals surface area (Å²) in [5, 5.41) is 13.3. The second kappa shape index (κ2) is 5.39. The number of hydrogen-bond acceptors (Lipinski definition) is 4. The van der Waals surface area contributed by atoms with Gasteiger partial charge < -0.3 is 19.9 Å². The Bertz CT molecular complexity index is 449. The number of rotatable bonds is 3. The van der Waals surface area contributed by atoms with Crippen LogP contribution in [0, 0.1) is 0 Å². The van der Waals surface area contributed by atoms with Gasteiger partial charge in [-0.25, -0.2) is 0 Å². The lowest BCUT2D eigenvalue weighted by Gasteiger charge is -2.29. The average Bonchev–Trinajstić information content (AvgIpc) is 2.85. The Morgan fingerprint density at radius 3 is 2.95 bits per heavy atom. The third-order valence-electron chi connectivity index (χ3n) is 4.03. The molecule has 104 valence electrons. The van der Waals surface area contributed by atoms with Crippen LogP contribution in [0.4, 0.5) is 0 Å². The van der Waals surface area contributed by atoms with Crippen molar-refractivity contribution in [1.82, 2.24) is 5.32 Å². The summed E-state index contributed by atoms with van der Waals surface area (Å²) in [4.78, 5) is 0. The zero-order valence-electron chi connectivity index (χ0n) is 11.3. The molecule has 4 heteroatoms. The maximum absolute atomic E-state index is 9.71. The summed E-state index contributed by atoms with van der Waals surface area (Å²) in [6, 6.07) is 6.74. The topological polar surface area (TPSA) is 50.7 Å². The van der Waals surface area contributed by atoms with E-state index in [1.165, 1.54) is 5.56 Å². The van der Waals surface area contributed by atoms with Crippen LogP contribution in [-0.2, 0) is 0 Å². The molecule has 3 unspecified atom stereocenters. The molecule has 1 heterocycles. The van der Waals surface area contributed by atoms with Gasteiger partial charge in [0.15, 0.2) is 11.5 Å². The first kappa shape index (κ1) is 12.8. The van der Waals surface area contributed by atoms with Crippen molar-refractivity contribution >= 4 is 0 Å². The molecule has 1 saturated carbocycles. The summed E-state index contributed by atoms with van der Waals surface area (Å²) in [7, 11) is 0. The van der Waals surface area contributed by atoms with Crippen molar-refractivity contribution in [3.63, 3.8) is 0 Å². The van der Waals surface area contributed by atoms with Crippen LogP contribution in [0.1, 0.15) is 44.2 Å². The molecule has 1 aliphatic carbocycles. The van der Waals surface area contributed by atoms with Gasteiger partial charge in [-0.3, -0.25) is 0 Å². The molecule has 1 aliphatic heterocycles. The van der Waals surface area contributed by atoms with Gasteiger partial charge in [-0.05, 0) is 50.3 Å². The van der Waals surface area contributed by atoms with Crippen LogP contribution in [0.3, 0.4) is 0 Å². The highest BCUT2D eigenvalue weighted by atomic mass is 16.7. The fourth-order valence-electron chi connectivity index (χ4n) is 2.95. The average molecular weight is 263 g/mol. The van der Waals surface area contributed by atoms with Gasteiger partial charge in [0.2, 0.25) is 6.79 Å². The molecule has 3 atom stereocenters. The Hall–Kier alpha value is -1.26. The monoisotopic (exact) mass is 263 g/mol. The number of fused-ring (bicyclic) bond motifs is 1. The minimum absolute atomic E-state index is 0.143. The maximum atomic E-state index is 9.71. The smallest absolute Gasteiger partial charge is 0.231 e. The van der Waals surface area contributed by atoms with E-state index in [0.29, 0.717) is 12.8 Å². The first-order valence-corrected chi connectivity index (χ1v) is 7.06. The molecule has 0 saturated heterocycles. The summed E-state index contributed by atoms with van der Waals surface area (Å²) >= 11 is 0. The van der Waals surface area contributed by atoms with Crippen LogP contribution in [0.5, 0.6) is 11.5 Å². The lowest BCUT2D eigenvalue weighted by molar-refractivity contribution is 0.109. The van der Waals surface area contributed by atoms with Crippen LogP contribution in [0.2, 0.25) is 0 Å². The van der Waals surface area contributed by atoms with Gasteiger partial charge in [0.1, 0.15) is 0 Å². The van der Waals surface area contributed by atoms with Gasteiger partial charge in [0, 0.05) is 12.1 Å². The molecular weight excluding hydrogens is 242 g/mol. The number of aliphatic hydroxyl groups is 1. The van der Waals surface area contributed by atoms with E-state index in [1.807, 2.05) is 12.1 Å². The summed E-state index contributed by atoms with van der Waals surface area (Å²) in [6.45, 7) is 2.47. The predicted molar refractivity (Wildman–Crippen MR) is 72.4 cm³/mol. The highest BCUT2D eigenvalue weighted by Gasteiger charge is 2.22. The molecule has 2 N–H and O–H groups in total. The molecule has 1 fully saturated rings. The van der Waals surface area contributed by atoms with Crippen LogP contribution in [-0.4, -0.2) is 24.0 Å². The summed E-state index contributed by atoms with van der Waals surface area (Å²) in [5.74, 6) is 1.65. The molecule has 4 nitrogen and oxygen atoms in total. The van der Waals surface area contributed by atoms with E-state index in [4.69, 9.17) is 9.47 Å². The van der Waals surface area contributed by atoms with E-state index in [2.05, 4.69) is 18.3 Å². The van der Waals surface area contributed by atoms with Crippen LogP contribution in [0.15, 0.2) is 18.2 Å². The highest BCUT2D eigenvalue weighted by molar-refractivity contribution is 5.45. The SMILES string of the molecule is CC(NC1CCCC(O)C1)c1ccc2c(c1)OCO2. The Kier molecular flexibility index (Phi) is 3.62. The Morgan fingerprint density at radius 2 is 2.11 bits per heavy atom. The normalized spacial score (nSPS) is 27.3. The van der Waals surface area contributed by atoms with Gasteiger partial charge in [0.25, 0.3) is 0 Å². The van der Waals surface area contributed by atoms with Gasteiger partial charge in [-0.15, -0.1) is 0 Å². The van der Waals surface area contributed by atoms with Gasteiger partial charge in [-0.1, -0.05) is 6.07 Å². The number of benzene rings is 1. The van der Waals surface area contributed by atoms with Gasteiger partial charge in [0.05, 0.1) is 6.10 Å². The second-order valence-electron chi connectivity index (χ2n) is 5.52. The number of hydrogen-bond donors (Lipinski definition) is 2. The van der Waals surface area contributed by atoms with E-state index in [1.54, 1.807) is 0 Å². The molecule has 2 aliphatic rings. The third-order valence-corrected chi connectivity index (χ3v) is 4.03. The molecule has 19 heavy (non-hydrogen) atoms. The van der Waals surface area contributed by atoms with E-state index in [0.717, 1.165) is 37.2 Å². The molecule has 3 rings (SSSR count). The Balaban J connectivity index is 1.65. The molecule has 0 bridgehead atoms. The molecule has 1 aromatic carbocycles. The Morgan fingerprint density at radius 1 is 1.26 bits per heavy atom. The second-order valence-corrected chi connectivity index (χ2v) is 5.52. The van der Waals surface area contributed by atoms with E-state index in [-0.39, 0.29) is 12.1 Å². The lowest BCUT2D eigenvalue weighted by atomic mass is 9.92. The number of aliphatic hydroxyl groups excluding tert-OH is 1. The standard InChI is InChI=1S/C15H21NO3/c1-10(16-12-3-2-4-13(17)8-12)11-5-6-14-15(7-11)19-9-18-14/h5-7,10,12-13,16-17H,2-4,8-9H2,1H3. The summed E-state index contributed by atoms with van der Waals surface area (Å²) in [6.07, 6.45) is 3.90. The number of ether oxygens (including phenoxy) is 2.